The fourth-order valence-electron chi connectivity index (χ4n) is 1.63. The smallest absolute Gasteiger partial charge is 0.231 e. The molecule has 2 rings (SSSR count). The van der Waals surface area contributed by atoms with Gasteiger partial charge in [-0.05, 0) is 29.8 Å². The molecule has 0 spiro atoms. The lowest BCUT2D eigenvalue weighted by Crippen LogP contribution is -2.08. The van der Waals surface area contributed by atoms with Crippen molar-refractivity contribution in [2.75, 3.05) is 19.0 Å². The molecule has 0 amide bonds. The number of rotatable bonds is 4. The van der Waals surface area contributed by atoms with Crippen LogP contribution in [0.25, 0.3) is 0 Å². The molecule has 0 unspecified atom stereocenters. The van der Waals surface area contributed by atoms with Gasteiger partial charge in [-0.25, -0.2) is 4.98 Å². The van der Waals surface area contributed by atoms with Crippen LogP contribution in [0.15, 0.2) is 42.6 Å². The van der Waals surface area contributed by atoms with Gasteiger partial charge in [-0.15, -0.1) is 0 Å². The summed E-state index contributed by atoms with van der Waals surface area (Å²) in [5, 5.41) is 8.94. The van der Waals surface area contributed by atoms with Crippen molar-refractivity contribution in [3.63, 3.8) is 0 Å². The summed E-state index contributed by atoms with van der Waals surface area (Å²) in [6.45, 7) is 0.402. The number of pyridine rings is 1. The minimum atomic E-state index is 0.377. The van der Waals surface area contributed by atoms with Crippen LogP contribution >= 0.6 is 0 Å². The molecule has 4 nitrogen and oxygen atoms in total. The highest BCUT2D eigenvalue weighted by atomic mass is 16.5. The second kappa shape index (κ2) is 5.87. The molecule has 0 bridgehead atoms. The van der Waals surface area contributed by atoms with Crippen LogP contribution in [0.3, 0.4) is 0 Å². The number of nitrogens with zero attached hydrogens (tertiary/aromatic N) is 3. The van der Waals surface area contributed by atoms with Gasteiger partial charge in [0.15, 0.2) is 0 Å². The first kappa shape index (κ1) is 12.9. The zero-order valence-corrected chi connectivity index (χ0v) is 11.0. The van der Waals surface area contributed by atoms with Crippen LogP contribution in [0, 0.1) is 11.3 Å². The summed E-state index contributed by atoms with van der Waals surface area (Å²) in [4.78, 5) is 6.10. The Bertz CT molecular complexity index is 585. The highest BCUT2D eigenvalue weighted by molar-refractivity contribution is 5.46. The van der Waals surface area contributed by atoms with E-state index in [4.69, 9.17) is 10.00 Å². The Morgan fingerprint density at radius 1 is 1.21 bits per heavy atom. The monoisotopic (exact) mass is 253 g/mol. The third-order valence-corrected chi connectivity index (χ3v) is 2.72. The predicted octanol–water partition coefficient (Wildman–Crippen LogP) is 2.60. The van der Waals surface area contributed by atoms with Gasteiger partial charge in [-0.3, -0.25) is 0 Å². The van der Waals surface area contributed by atoms with Gasteiger partial charge in [0.2, 0.25) is 5.88 Å². The predicted molar refractivity (Wildman–Crippen MR) is 74.1 cm³/mol. The number of ether oxygens (including phenoxy) is 1. The summed E-state index contributed by atoms with van der Waals surface area (Å²) in [7, 11) is 4.00. The number of hydrogen-bond acceptors (Lipinski definition) is 4. The molecule has 2 aromatic rings. The molecule has 19 heavy (non-hydrogen) atoms. The average Bonchev–Trinajstić information content (AvgIpc) is 2.45. The van der Waals surface area contributed by atoms with E-state index >= 15 is 0 Å². The van der Waals surface area contributed by atoms with Crippen LogP contribution < -0.4 is 9.64 Å². The summed E-state index contributed by atoms with van der Waals surface area (Å²) in [6, 6.07) is 13.5. The molecule has 0 aliphatic heterocycles. The van der Waals surface area contributed by atoms with E-state index in [1.807, 2.05) is 43.3 Å². The molecule has 4 heteroatoms. The van der Waals surface area contributed by atoms with E-state index in [0.717, 1.165) is 11.3 Å². The molecule has 1 heterocycles. The van der Waals surface area contributed by atoms with E-state index in [1.165, 1.54) is 0 Å². The Balaban J connectivity index is 2.04. The molecule has 0 aliphatic carbocycles. The molecule has 0 saturated carbocycles. The van der Waals surface area contributed by atoms with Crippen molar-refractivity contribution in [1.29, 1.82) is 5.26 Å². The summed E-state index contributed by atoms with van der Waals surface area (Å²) in [6.07, 6.45) is 1.62. The van der Waals surface area contributed by atoms with Gasteiger partial charge in [0.1, 0.15) is 18.2 Å². The largest absolute Gasteiger partial charge is 0.472 e. The van der Waals surface area contributed by atoms with Crippen molar-refractivity contribution in [2.24, 2.45) is 0 Å². The van der Waals surface area contributed by atoms with Gasteiger partial charge in [0.25, 0.3) is 0 Å². The molecule has 1 aromatic carbocycles. The van der Waals surface area contributed by atoms with Crippen LogP contribution in [0.2, 0.25) is 0 Å². The van der Waals surface area contributed by atoms with Crippen molar-refractivity contribution in [2.45, 2.75) is 6.61 Å². The maximum absolute atomic E-state index is 8.94. The lowest BCUT2D eigenvalue weighted by molar-refractivity contribution is 0.293. The molecule has 0 radical (unpaired) electrons. The summed E-state index contributed by atoms with van der Waals surface area (Å²) < 4.78 is 5.57. The highest BCUT2D eigenvalue weighted by Crippen LogP contribution is 2.16. The maximum atomic E-state index is 8.94. The van der Waals surface area contributed by atoms with E-state index in [-0.39, 0.29) is 0 Å². The Kier molecular flexibility index (Phi) is 3.99. The molecular formula is C15H15N3O. The highest BCUT2D eigenvalue weighted by Gasteiger charge is 2.04. The Hall–Kier alpha value is -2.54. The number of nitriles is 1. The molecule has 0 saturated heterocycles. The van der Waals surface area contributed by atoms with Gasteiger partial charge >= 0.3 is 0 Å². The van der Waals surface area contributed by atoms with Crippen molar-refractivity contribution in [3.8, 4) is 11.9 Å². The minimum absolute atomic E-state index is 0.377. The van der Waals surface area contributed by atoms with E-state index in [0.29, 0.717) is 18.1 Å². The Morgan fingerprint density at radius 3 is 2.58 bits per heavy atom. The molecular weight excluding hydrogens is 238 g/mol. The normalized spacial score (nSPS) is 9.74. The van der Waals surface area contributed by atoms with Crippen LogP contribution in [0.4, 0.5) is 5.69 Å². The first-order valence-electron chi connectivity index (χ1n) is 5.95. The second-order valence-electron chi connectivity index (χ2n) is 4.32. The van der Waals surface area contributed by atoms with Crippen LogP contribution in [-0.4, -0.2) is 19.1 Å². The fourth-order valence-corrected chi connectivity index (χ4v) is 1.63. The van der Waals surface area contributed by atoms with Crippen LogP contribution in [-0.2, 0) is 6.61 Å². The van der Waals surface area contributed by atoms with E-state index in [9.17, 15) is 0 Å². The number of benzene rings is 1. The van der Waals surface area contributed by atoms with Crippen LogP contribution in [0.1, 0.15) is 11.1 Å². The molecule has 0 aliphatic rings. The molecule has 96 valence electrons. The van der Waals surface area contributed by atoms with E-state index in [2.05, 4.69) is 11.1 Å². The van der Waals surface area contributed by atoms with Gasteiger partial charge in [0, 0.05) is 26.0 Å². The van der Waals surface area contributed by atoms with Crippen molar-refractivity contribution in [1.82, 2.24) is 4.98 Å². The minimum Gasteiger partial charge on any atom is -0.472 e. The standard InChI is InChI=1S/C15H15N3O/c1-18(2)14-7-5-12(6-8-14)11-19-15-13(10-16)4-3-9-17-15/h3-9H,11H2,1-2H3. The third kappa shape index (κ3) is 3.23. The van der Waals surface area contributed by atoms with E-state index in [1.54, 1.807) is 18.3 Å². The Labute approximate surface area is 112 Å². The van der Waals surface area contributed by atoms with Gasteiger partial charge in [-0.1, -0.05) is 12.1 Å². The molecule has 0 atom stereocenters. The van der Waals surface area contributed by atoms with Gasteiger partial charge in [-0.2, -0.15) is 5.26 Å². The quantitative estimate of drug-likeness (QED) is 0.840. The maximum Gasteiger partial charge on any atom is 0.231 e. The number of hydrogen-bond donors (Lipinski definition) is 0. The lowest BCUT2D eigenvalue weighted by Gasteiger charge is -2.13. The molecule has 0 fully saturated rings. The molecule has 1 aromatic heterocycles. The number of aromatic nitrogens is 1. The molecule has 0 N–H and O–H groups in total. The number of anilines is 1. The van der Waals surface area contributed by atoms with Crippen molar-refractivity contribution >= 4 is 5.69 Å². The first-order chi connectivity index (χ1) is 9.20. The second-order valence-corrected chi connectivity index (χ2v) is 4.32. The van der Waals surface area contributed by atoms with Gasteiger partial charge in [0.05, 0.1) is 0 Å². The fraction of sp³-hybridized carbons (Fsp3) is 0.200. The van der Waals surface area contributed by atoms with Crippen molar-refractivity contribution in [3.05, 3.63) is 53.7 Å². The lowest BCUT2D eigenvalue weighted by atomic mass is 10.2. The summed E-state index contributed by atoms with van der Waals surface area (Å²) in [5.74, 6) is 0.377. The van der Waals surface area contributed by atoms with E-state index < -0.39 is 0 Å². The zero-order chi connectivity index (χ0) is 13.7. The summed E-state index contributed by atoms with van der Waals surface area (Å²) in [5.41, 5.74) is 2.63. The topological polar surface area (TPSA) is 49.1 Å². The third-order valence-electron chi connectivity index (χ3n) is 2.72. The summed E-state index contributed by atoms with van der Waals surface area (Å²) >= 11 is 0. The first-order valence-corrected chi connectivity index (χ1v) is 5.95. The Morgan fingerprint density at radius 2 is 1.95 bits per heavy atom. The SMILES string of the molecule is CN(C)c1ccc(COc2ncccc2C#N)cc1. The van der Waals surface area contributed by atoms with Gasteiger partial charge < -0.3 is 9.64 Å². The van der Waals surface area contributed by atoms with Crippen LogP contribution in [0.5, 0.6) is 5.88 Å². The average molecular weight is 253 g/mol. The zero-order valence-electron chi connectivity index (χ0n) is 11.0. The van der Waals surface area contributed by atoms with Crippen molar-refractivity contribution < 1.29 is 4.74 Å².